The summed E-state index contributed by atoms with van der Waals surface area (Å²) in [5, 5.41) is 0. The van der Waals surface area contributed by atoms with Gasteiger partial charge in [-0.2, -0.15) is 0 Å². The van der Waals surface area contributed by atoms with Gasteiger partial charge in [-0.15, -0.1) is 0 Å². The maximum Gasteiger partial charge on any atom is 0.231 e. The Morgan fingerprint density at radius 3 is 2.79 bits per heavy atom. The van der Waals surface area contributed by atoms with Crippen molar-refractivity contribution in [2.75, 3.05) is 19.6 Å². The van der Waals surface area contributed by atoms with Crippen LogP contribution < -0.4 is 0 Å². The minimum Gasteiger partial charge on any atom is -0.342 e. The maximum atomic E-state index is 13.3. The highest BCUT2D eigenvalue weighted by Crippen LogP contribution is 2.42. The second-order valence-electron chi connectivity index (χ2n) is 7.60. The summed E-state index contributed by atoms with van der Waals surface area (Å²) in [6, 6.07) is 6.42. The molecule has 3 aliphatic rings. The van der Waals surface area contributed by atoms with Crippen molar-refractivity contribution in [1.82, 2.24) is 9.80 Å². The van der Waals surface area contributed by atoms with Crippen LogP contribution in [0.4, 0.5) is 4.39 Å². The van der Waals surface area contributed by atoms with Crippen LogP contribution in [0.1, 0.15) is 37.7 Å². The first-order valence-electron chi connectivity index (χ1n) is 8.87. The second kappa shape index (κ2) is 5.87. The molecule has 0 radical (unpaired) electrons. The van der Waals surface area contributed by atoms with Crippen molar-refractivity contribution < 1.29 is 14.0 Å². The molecular formula is C19H23FN2O2. The van der Waals surface area contributed by atoms with E-state index in [1.807, 2.05) is 15.9 Å². The Morgan fingerprint density at radius 2 is 2.04 bits per heavy atom. The van der Waals surface area contributed by atoms with Crippen LogP contribution in [-0.4, -0.2) is 41.2 Å². The van der Waals surface area contributed by atoms with Crippen molar-refractivity contribution in [3.05, 3.63) is 35.6 Å². The van der Waals surface area contributed by atoms with Gasteiger partial charge in [-0.1, -0.05) is 12.1 Å². The van der Waals surface area contributed by atoms with Crippen LogP contribution in [0.25, 0.3) is 0 Å². The summed E-state index contributed by atoms with van der Waals surface area (Å²) >= 11 is 0. The summed E-state index contributed by atoms with van der Waals surface area (Å²) in [5.41, 5.74) is 0.423. The van der Waals surface area contributed by atoms with Crippen molar-refractivity contribution in [3.63, 3.8) is 0 Å². The Morgan fingerprint density at radius 1 is 1.25 bits per heavy atom. The molecule has 24 heavy (non-hydrogen) atoms. The van der Waals surface area contributed by atoms with Gasteiger partial charge in [0.2, 0.25) is 11.8 Å². The van der Waals surface area contributed by atoms with E-state index in [1.54, 1.807) is 6.07 Å². The SMILES string of the molecule is O=C(CC1CC1)N1CC[C@]2(CCN(Cc3cccc(F)c3)C2=O)C1. The van der Waals surface area contributed by atoms with Gasteiger partial charge in [0.05, 0.1) is 5.41 Å². The molecule has 4 nitrogen and oxygen atoms in total. The third-order valence-electron chi connectivity index (χ3n) is 5.73. The molecule has 4 rings (SSSR count). The molecule has 1 atom stereocenters. The summed E-state index contributed by atoms with van der Waals surface area (Å²) in [4.78, 5) is 28.9. The van der Waals surface area contributed by atoms with E-state index >= 15 is 0 Å². The van der Waals surface area contributed by atoms with Crippen LogP contribution in [0.5, 0.6) is 0 Å². The number of hydrogen-bond donors (Lipinski definition) is 0. The van der Waals surface area contributed by atoms with Gasteiger partial charge in [-0.25, -0.2) is 4.39 Å². The third kappa shape index (κ3) is 2.92. The topological polar surface area (TPSA) is 40.6 Å². The van der Waals surface area contributed by atoms with Crippen molar-refractivity contribution in [1.29, 1.82) is 0 Å². The number of amides is 2. The lowest BCUT2D eigenvalue weighted by Gasteiger charge is -2.24. The van der Waals surface area contributed by atoms with Gasteiger partial charge < -0.3 is 9.80 Å². The fourth-order valence-corrected chi connectivity index (χ4v) is 4.06. The van der Waals surface area contributed by atoms with Crippen LogP contribution in [-0.2, 0) is 16.1 Å². The molecule has 1 aliphatic carbocycles. The lowest BCUT2D eigenvalue weighted by Crippen LogP contribution is -2.38. The first-order chi connectivity index (χ1) is 11.6. The molecule has 1 saturated carbocycles. The van der Waals surface area contributed by atoms with Crippen LogP contribution in [0, 0.1) is 17.2 Å². The molecule has 0 bridgehead atoms. The number of rotatable bonds is 4. The summed E-state index contributed by atoms with van der Waals surface area (Å²) in [6.45, 7) is 2.41. The molecule has 2 amide bonds. The minimum atomic E-state index is -0.396. The van der Waals surface area contributed by atoms with E-state index in [1.165, 1.54) is 25.0 Å². The van der Waals surface area contributed by atoms with Crippen LogP contribution >= 0.6 is 0 Å². The lowest BCUT2D eigenvalue weighted by molar-refractivity contribution is -0.137. The fraction of sp³-hybridized carbons (Fsp3) is 0.579. The molecule has 0 N–H and O–H groups in total. The Kier molecular flexibility index (Phi) is 3.82. The highest BCUT2D eigenvalue weighted by atomic mass is 19.1. The normalized spacial score (nSPS) is 26.6. The number of carbonyl (C=O) groups is 2. The Labute approximate surface area is 141 Å². The van der Waals surface area contributed by atoms with E-state index in [0.29, 0.717) is 38.5 Å². The smallest absolute Gasteiger partial charge is 0.231 e. The highest BCUT2D eigenvalue weighted by Gasteiger charge is 2.51. The minimum absolute atomic E-state index is 0.133. The Bertz CT molecular complexity index is 673. The number of nitrogens with zero attached hydrogens (tertiary/aromatic N) is 2. The van der Waals surface area contributed by atoms with E-state index in [9.17, 15) is 14.0 Å². The van der Waals surface area contributed by atoms with E-state index in [-0.39, 0.29) is 17.6 Å². The van der Waals surface area contributed by atoms with Crippen molar-refractivity contribution in [3.8, 4) is 0 Å². The fourth-order valence-electron chi connectivity index (χ4n) is 4.06. The summed E-state index contributed by atoms with van der Waals surface area (Å²) in [6.07, 6.45) is 4.56. The van der Waals surface area contributed by atoms with Crippen LogP contribution in [0.2, 0.25) is 0 Å². The van der Waals surface area contributed by atoms with Crippen molar-refractivity contribution >= 4 is 11.8 Å². The zero-order valence-corrected chi connectivity index (χ0v) is 13.8. The van der Waals surface area contributed by atoms with Gasteiger partial charge in [-0.05, 0) is 49.3 Å². The largest absolute Gasteiger partial charge is 0.342 e. The zero-order valence-electron chi connectivity index (χ0n) is 13.8. The molecule has 2 saturated heterocycles. The summed E-state index contributed by atoms with van der Waals surface area (Å²) in [7, 11) is 0. The third-order valence-corrected chi connectivity index (χ3v) is 5.73. The van der Waals surface area contributed by atoms with Gasteiger partial charge in [0, 0.05) is 32.6 Å². The molecule has 3 fully saturated rings. The number of likely N-dealkylation sites (tertiary alicyclic amines) is 2. The van der Waals surface area contributed by atoms with E-state index in [0.717, 1.165) is 18.4 Å². The van der Waals surface area contributed by atoms with E-state index in [4.69, 9.17) is 0 Å². The number of hydrogen-bond acceptors (Lipinski definition) is 2. The van der Waals surface area contributed by atoms with Gasteiger partial charge >= 0.3 is 0 Å². The quantitative estimate of drug-likeness (QED) is 0.851. The summed E-state index contributed by atoms with van der Waals surface area (Å²) in [5.74, 6) is 0.656. The number of benzene rings is 1. The molecule has 0 aromatic heterocycles. The lowest BCUT2D eigenvalue weighted by atomic mass is 9.85. The predicted octanol–water partition coefficient (Wildman–Crippen LogP) is 2.58. The van der Waals surface area contributed by atoms with Gasteiger partial charge in [0.25, 0.3) is 0 Å². The molecule has 1 aromatic carbocycles. The van der Waals surface area contributed by atoms with Gasteiger partial charge in [0.1, 0.15) is 5.82 Å². The second-order valence-corrected chi connectivity index (χ2v) is 7.60. The molecule has 128 valence electrons. The van der Waals surface area contributed by atoms with Gasteiger partial charge in [0.15, 0.2) is 0 Å². The molecule has 5 heteroatoms. The Hall–Kier alpha value is -1.91. The molecule has 0 unspecified atom stereocenters. The van der Waals surface area contributed by atoms with E-state index in [2.05, 4.69) is 0 Å². The molecule has 1 spiro atoms. The standard InChI is InChI=1S/C19H23FN2O2/c20-16-3-1-2-15(10-16)12-21-8-6-19(18(21)24)7-9-22(13-19)17(23)11-14-4-5-14/h1-3,10,14H,4-9,11-13H2/t19-/m1/s1. The van der Waals surface area contributed by atoms with E-state index < -0.39 is 5.41 Å². The molecular weight excluding hydrogens is 307 g/mol. The van der Waals surface area contributed by atoms with Crippen molar-refractivity contribution in [2.24, 2.45) is 11.3 Å². The predicted molar refractivity (Wildman–Crippen MR) is 87.4 cm³/mol. The number of carbonyl (C=O) groups excluding carboxylic acids is 2. The van der Waals surface area contributed by atoms with Crippen LogP contribution in [0.3, 0.4) is 0 Å². The average molecular weight is 330 g/mol. The first-order valence-corrected chi connectivity index (χ1v) is 8.87. The van der Waals surface area contributed by atoms with Gasteiger partial charge in [-0.3, -0.25) is 9.59 Å². The average Bonchev–Trinajstić information content (AvgIpc) is 3.18. The summed E-state index contributed by atoms with van der Waals surface area (Å²) < 4.78 is 13.3. The zero-order chi connectivity index (χ0) is 16.7. The monoisotopic (exact) mass is 330 g/mol. The van der Waals surface area contributed by atoms with Crippen molar-refractivity contribution in [2.45, 2.75) is 38.6 Å². The maximum absolute atomic E-state index is 13.3. The molecule has 2 heterocycles. The molecule has 1 aromatic rings. The molecule has 2 aliphatic heterocycles. The highest BCUT2D eigenvalue weighted by molar-refractivity contribution is 5.87. The first kappa shape index (κ1) is 15.6. The van der Waals surface area contributed by atoms with Crippen LogP contribution in [0.15, 0.2) is 24.3 Å². The number of halogens is 1. The Balaban J connectivity index is 1.40.